The third kappa shape index (κ3) is 4.63. The van der Waals surface area contributed by atoms with E-state index in [1.165, 1.54) is 0 Å². The lowest BCUT2D eigenvalue weighted by molar-refractivity contribution is -0.116. The Morgan fingerprint density at radius 2 is 1.59 bits per heavy atom. The van der Waals surface area contributed by atoms with Gasteiger partial charge in [0, 0.05) is 24.5 Å². The van der Waals surface area contributed by atoms with Crippen molar-refractivity contribution in [1.82, 2.24) is 4.90 Å². The van der Waals surface area contributed by atoms with Gasteiger partial charge in [0.25, 0.3) is 0 Å². The number of urea groups is 1. The molecule has 3 amide bonds. The van der Waals surface area contributed by atoms with Gasteiger partial charge >= 0.3 is 6.03 Å². The van der Waals surface area contributed by atoms with E-state index in [0.29, 0.717) is 30.7 Å². The minimum absolute atomic E-state index is 0.0600. The highest BCUT2D eigenvalue weighted by molar-refractivity contribution is 8.02. The summed E-state index contributed by atoms with van der Waals surface area (Å²) >= 11 is 1.70. The maximum Gasteiger partial charge on any atom is 0.321 e. The van der Waals surface area contributed by atoms with Gasteiger partial charge in [-0.3, -0.25) is 9.69 Å². The number of carbonyl (C=O) groups is 2. The average molecular weight is 482 g/mol. The quantitative estimate of drug-likeness (QED) is 0.565. The number of anilines is 2. The molecule has 6 nitrogen and oxygen atoms in total. The summed E-state index contributed by atoms with van der Waals surface area (Å²) in [5.74, 6) is 2.00. The summed E-state index contributed by atoms with van der Waals surface area (Å²) in [7, 11) is 1.64. The Bertz CT molecular complexity index is 1020. The van der Waals surface area contributed by atoms with Crippen molar-refractivity contribution in [2.45, 2.75) is 57.2 Å². The Labute approximate surface area is 207 Å². The first kappa shape index (κ1) is 24.5. The highest BCUT2D eigenvalue weighted by Crippen LogP contribution is 2.47. The topological polar surface area (TPSA) is 61.9 Å². The first-order valence-corrected chi connectivity index (χ1v) is 13.0. The fourth-order valence-electron chi connectivity index (χ4n) is 4.97. The van der Waals surface area contributed by atoms with Crippen LogP contribution in [-0.4, -0.2) is 47.7 Å². The minimum Gasteiger partial charge on any atom is -0.497 e. The molecule has 2 saturated heterocycles. The fourth-order valence-corrected chi connectivity index (χ4v) is 6.30. The molecular formula is C27H35N3O3S. The molecule has 0 atom stereocenters. The maximum absolute atomic E-state index is 13.3. The van der Waals surface area contributed by atoms with Crippen LogP contribution in [0.1, 0.15) is 63.5 Å². The number of rotatable bonds is 5. The number of hydrogen-bond donors (Lipinski definition) is 1. The predicted octanol–water partition coefficient (Wildman–Crippen LogP) is 6.05. The van der Waals surface area contributed by atoms with Gasteiger partial charge in [0.05, 0.1) is 17.7 Å². The van der Waals surface area contributed by atoms with Gasteiger partial charge in [-0.1, -0.05) is 45.9 Å². The number of nitrogens with zero attached hydrogens (tertiary/aromatic N) is 2. The van der Waals surface area contributed by atoms with Crippen LogP contribution in [0.4, 0.5) is 16.2 Å². The summed E-state index contributed by atoms with van der Waals surface area (Å²) < 4.78 is 5.27. The van der Waals surface area contributed by atoms with Crippen molar-refractivity contribution in [1.29, 1.82) is 0 Å². The second-order valence-corrected chi connectivity index (χ2v) is 11.0. The van der Waals surface area contributed by atoms with Crippen molar-refractivity contribution in [3.05, 3.63) is 53.6 Å². The monoisotopic (exact) mass is 481 g/mol. The Hall–Kier alpha value is -2.67. The zero-order valence-corrected chi connectivity index (χ0v) is 21.6. The Morgan fingerprint density at radius 1 is 1.00 bits per heavy atom. The molecule has 0 saturated carbocycles. The SMILES string of the molecule is COc1ccc(N2C(=O)CSC23CCN(C(=O)Nc2c(C(C)C)cccc2C(C)C)CC3)cc1. The van der Waals surface area contributed by atoms with Crippen LogP contribution in [0.2, 0.25) is 0 Å². The summed E-state index contributed by atoms with van der Waals surface area (Å²) in [6, 6.07) is 13.9. The van der Waals surface area contributed by atoms with E-state index in [4.69, 9.17) is 4.74 Å². The first-order chi connectivity index (χ1) is 16.3. The molecule has 0 unspecified atom stereocenters. The summed E-state index contributed by atoms with van der Waals surface area (Å²) in [6.07, 6.45) is 1.48. The van der Waals surface area contributed by atoms with Crippen LogP contribution >= 0.6 is 11.8 Å². The maximum atomic E-state index is 13.3. The minimum atomic E-state index is -0.304. The molecule has 7 heteroatoms. The van der Waals surface area contributed by atoms with E-state index in [2.05, 4.69) is 51.2 Å². The van der Waals surface area contributed by atoms with Crippen molar-refractivity contribution in [2.75, 3.05) is 36.2 Å². The molecule has 0 radical (unpaired) electrons. The number of amides is 3. The molecule has 1 spiro atoms. The van der Waals surface area contributed by atoms with E-state index in [1.807, 2.05) is 34.1 Å². The molecule has 2 aliphatic heterocycles. The molecule has 182 valence electrons. The molecule has 0 aromatic heterocycles. The molecule has 2 aliphatic rings. The van der Waals surface area contributed by atoms with Gasteiger partial charge in [-0.2, -0.15) is 0 Å². The lowest BCUT2D eigenvalue weighted by atomic mass is 9.92. The number of ether oxygens (including phenoxy) is 1. The third-order valence-corrected chi connectivity index (χ3v) is 8.41. The molecule has 4 rings (SSSR count). The van der Waals surface area contributed by atoms with Crippen molar-refractivity contribution in [3.63, 3.8) is 0 Å². The molecular weight excluding hydrogens is 446 g/mol. The Balaban J connectivity index is 1.49. The van der Waals surface area contributed by atoms with E-state index in [9.17, 15) is 9.59 Å². The summed E-state index contributed by atoms with van der Waals surface area (Å²) in [4.78, 5) is 29.7. The van der Waals surface area contributed by atoms with Crippen LogP contribution in [0.5, 0.6) is 5.75 Å². The molecule has 34 heavy (non-hydrogen) atoms. The summed E-state index contributed by atoms with van der Waals surface area (Å²) in [6.45, 7) is 9.84. The second kappa shape index (κ2) is 9.90. The number of para-hydroxylation sites is 1. The van der Waals surface area contributed by atoms with Gasteiger partial charge < -0.3 is 15.0 Å². The molecule has 2 aromatic carbocycles. The van der Waals surface area contributed by atoms with Gasteiger partial charge in [-0.25, -0.2) is 4.79 Å². The van der Waals surface area contributed by atoms with Gasteiger partial charge in [0.2, 0.25) is 5.91 Å². The standard InChI is InChI=1S/C27H35N3O3S/c1-18(2)22-7-6-8-23(19(3)4)25(22)28-26(32)29-15-13-27(14-16-29)30(24(31)17-34-27)20-9-11-21(33-5)12-10-20/h6-12,18-19H,13-17H2,1-5H3,(H,28,32). The fraction of sp³-hybridized carbons (Fsp3) is 0.481. The highest BCUT2D eigenvalue weighted by Gasteiger charge is 2.49. The van der Waals surface area contributed by atoms with E-state index < -0.39 is 0 Å². The highest BCUT2D eigenvalue weighted by atomic mass is 32.2. The van der Waals surface area contributed by atoms with Crippen LogP contribution in [0.25, 0.3) is 0 Å². The molecule has 0 aliphatic carbocycles. The Morgan fingerprint density at radius 3 is 2.12 bits per heavy atom. The van der Waals surface area contributed by atoms with E-state index in [0.717, 1.165) is 41.1 Å². The largest absolute Gasteiger partial charge is 0.497 e. The molecule has 0 bridgehead atoms. The number of piperidine rings is 1. The summed E-state index contributed by atoms with van der Waals surface area (Å²) in [5.41, 5.74) is 4.16. The zero-order chi connectivity index (χ0) is 24.5. The smallest absolute Gasteiger partial charge is 0.321 e. The van der Waals surface area contributed by atoms with E-state index in [-0.39, 0.29) is 16.8 Å². The van der Waals surface area contributed by atoms with Crippen LogP contribution in [-0.2, 0) is 4.79 Å². The lowest BCUT2D eigenvalue weighted by Gasteiger charge is -2.44. The number of hydrogen-bond acceptors (Lipinski definition) is 4. The predicted molar refractivity (Wildman–Crippen MR) is 140 cm³/mol. The Kier molecular flexibility index (Phi) is 7.12. The van der Waals surface area contributed by atoms with Crippen molar-refractivity contribution >= 4 is 35.1 Å². The molecule has 2 aromatic rings. The number of benzene rings is 2. The van der Waals surface area contributed by atoms with Crippen LogP contribution in [0, 0.1) is 0 Å². The lowest BCUT2D eigenvalue weighted by Crippen LogP contribution is -2.53. The van der Waals surface area contributed by atoms with Crippen LogP contribution < -0.4 is 15.0 Å². The number of methoxy groups -OCH3 is 1. The number of nitrogens with one attached hydrogen (secondary N) is 1. The van der Waals surface area contributed by atoms with Gasteiger partial charge in [-0.05, 0) is 60.1 Å². The van der Waals surface area contributed by atoms with Crippen LogP contribution in [0.3, 0.4) is 0 Å². The first-order valence-electron chi connectivity index (χ1n) is 12.1. The van der Waals surface area contributed by atoms with E-state index in [1.54, 1.807) is 18.9 Å². The second-order valence-electron chi connectivity index (χ2n) is 9.70. The normalized spacial score (nSPS) is 17.7. The van der Waals surface area contributed by atoms with Crippen molar-refractivity contribution < 1.29 is 14.3 Å². The van der Waals surface area contributed by atoms with Gasteiger partial charge in [0.15, 0.2) is 0 Å². The zero-order valence-electron chi connectivity index (χ0n) is 20.8. The number of carbonyl (C=O) groups excluding carboxylic acids is 2. The number of likely N-dealkylation sites (tertiary alicyclic amines) is 1. The molecule has 1 N–H and O–H groups in total. The average Bonchev–Trinajstić information content (AvgIpc) is 3.14. The van der Waals surface area contributed by atoms with Crippen molar-refractivity contribution in [2.24, 2.45) is 0 Å². The van der Waals surface area contributed by atoms with Gasteiger partial charge in [-0.15, -0.1) is 11.8 Å². The summed E-state index contributed by atoms with van der Waals surface area (Å²) in [5, 5.41) is 3.24. The van der Waals surface area contributed by atoms with E-state index >= 15 is 0 Å². The molecule has 2 heterocycles. The third-order valence-electron chi connectivity index (χ3n) is 6.89. The van der Waals surface area contributed by atoms with Crippen LogP contribution in [0.15, 0.2) is 42.5 Å². The van der Waals surface area contributed by atoms with Gasteiger partial charge in [0.1, 0.15) is 5.75 Å². The van der Waals surface area contributed by atoms with Crippen molar-refractivity contribution in [3.8, 4) is 5.75 Å². The molecule has 2 fully saturated rings. The number of thioether (sulfide) groups is 1.